The molecule has 1 fully saturated rings. The molecule has 0 spiro atoms. The monoisotopic (exact) mass is 637 g/mol. The Morgan fingerprint density at radius 3 is 1.93 bits per heavy atom. The first kappa shape index (κ1) is 33.0. The number of nitrogens with zero attached hydrogens (tertiary/aromatic N) is 3. The van der Waals surface area contributed by atoms with E-state index in [-0.39, 0.29) is 10.5 Å². The van der Waals surface area contributed by atoms with E-state index < -0.39 is 66.7 Å². The zero-order valence-electron chi connectivity index (χ0n) is 24.9. The van der Waals surface area contributed by atoms with Crippen molar-refractivity contribution in [2.24, 2.45) is 0 Å². The molecule has 13 nitrogen and oxygen atoms in total. The molecule has 5 unspecified atom stereocenters. The molecule has 0 radical (unpaired) electrons. The molecule has 0 bridgehead atoms. The molecule has 0 amide bonds. The fourth-order valence-corrected chi connectivity index (χ4v) is 5.06. The Balaban J connectivity index is 1.97. The number of para-hydroxylation sites is 1. The fourth-order valence-electron chi connectivity index (χ4n) is 4.72. The molecule has 14 heteroatoms. The fraction of sp³-hybridized carbons (Fsp3) is 0.323. The van der Waals surface area contributed by atoms with Gasteiger partial charge in [-0.1, -0.05) is 54.6 Å². The van der Waals surface area contributed by atoms with E-state index in [1.54, 1.807) is 36.4 Å². The topological polar surface area (TPSA) is 154 Å². The minimum absolute atomic E-state index is 0.0656. The lowest BCUT2D eigenvalue weighted by molar-refractivity contribution is -0.271. The summed E-state index contributed by atoms with van der Waals surface area (Å²) in [5, 5.41) is 4.50. The third-order valence-corrected chi connectivity index (χ3v) is 6.85. The Morgan fingerprint density at radius 1 is 0.800 bits per heavy atom. The Hall–Kier alpha value is -4.95. The maximum atomic E-state index is 13.8. The van der Waals surface area contributed by atoms with Crippen molar-refractivity contribution in [3.05, 3.63) is 87.0 Å². The van der Waals surface area contributed by atoms with Crippen LogP contribution in [-0.2, 0) is 42.9 Å². The largest absolute Gasteiger partial charge is 0.463 e. The van der Waals surface area contributed by atoms with Gasteiger partial charge in [0.25, 0.3) is 5.56 Å². The molecule has 0 N–H and O–H groups in total. The number of carbonyl (C=O) groups excluding carboxylic acids is 4. The Labute approximate surface area is 262 Å². The van der Waals surface area contributed by atoms with Gasteiger partial charge in [0.15, 0.2) is 24.5 Å². The summed E-state index contributed by atoms with van der Waals surface area (Å²) in [4.78, 5) is 62.3. The van der Waals surface area contributed by atoms with E-state index >= 15 is 0 Å². The molecular formula is C31H31N3O10S. The molecule has 5 atom stereocenters. The normalized spacial score (nSPS) is 21.1. The van der Waals surface area contributed by atoms with Crippen LogP contribution in [0, 0.1) is 4.77 Å². The number of ether oxygens (including phenoxy) is 5. The lowest BCUT2D eigenvalue weighted by atomic mass is 9.97. The number of hydrogen-bond donors (Lipinski definition) is 0. The quantitative estimate of drug-likeness (QED) is 0.192. The number of benzene rings is 2. The van der Waals surface area contributed by atoms with Crippen molar-refractivity contribution < 1.29 is 42.9 Å². The van der Waals surface area contributed by atoms with Crippen molar-refractivity contribution >= 4 is 48.2 Å². The average Bonchev–Trinajstić information content (AvgIpc) is 2.98. The summed E-state index contributed by atoms with van der Waals surface area (Å²) in [6.45, 7) is 4.09. The van der Waals surface area contributed by atoms with E-state index in [4.69, 9.17) is 35.9 Å². The molecule has 3 aromatic rings. The molecule has 2 heterocycles. The van der Waals surface area contributed by atoms with Gasteiger partial charge in [0.05, 0.1) is 5.69 Å². The van der Waals surface area contributed by atoms with Crippen LogP contribution in [0.25, 0.3) is 17.8 Å². The molecular weight excluding hydrogens is 606 g/mol. The summed E-state index contributed by atoms with van der Waals surface area (Å²) in [5.41, 5.74) is 0.569. The van der Waals surface area contributed by atoms with Crippen molar-refractivity contribution in [2.45, 2.75) is 58.3 Å². The molecule has 4 rings (SSSR count). The number of rotatable bonds is 9. The minimum Gasteiger partial charge on any atom is -0.463 e. The van der Waals surface area contributed by atoms with Gasteiger partial charge in [-0.2, -0.15) is 5.10 Å². The van der Waals surface area contributed by atoms with Crippen LogP contribution in [0.15, 0.2) is 65.5 Å². The Morgan fingerprint density at radius 2 is 1.36 bits per heavy atom. The highest BCUT2D eigenvalue weighted by atomic mass is 32.1. The summed E-state index contributed by atoms with van der Waals surface area (Å²) < 4.78 is 30.2. The van der Waals surface area contributed by atoms with Crippen molar-refractivity contribution in [1.29, 1.82) is 0 Å². The maximum absolute atomic E-state index is 13.8. The first-order chi connectivity index (χ1) is 21.5. The summed E-state index contributed by atoms with van der Waals surface area (Å²) in [6, 6.07) is 17.7. The third-order valence-electron chi connectivity index (χ3n) is 6.48. The van der Waals surface area contributed by atoms with Crippen LogP contribution >= 0.6 is 12.2 Å². The molecule has 1 saturated heterocycles. The van der Waals surface area contributed by atoms with Crippen LogP contribution in [0.4, 0.5) is 0 Å². The van der Waals surface area contributed by atoms with Gasteiger partial charge in [-0.3, -0.25) is 28.5 Å². The van der Waals surface area contributed by atoms with E-state index in [2.05, 4.69) is 5.10 Å². The van der Waals surface area contributed by atoms with E-state index in [0.29, 0.717) is 5.69 Å². The smallest absolute Gasteiger partial charge is 0.303 e. The highest BCUT2D eigenvalue weighted by Gasteiger charge is 2.53. The molecule has 1 aliphatic heterocycles. The van der Waals surface area contributed by atoms with Crippen molar-refractivity contribution in [1.82, 2.24) is 14.3 Å². The molecule has 1 aromatic heterocycles. The van der Waals surface area contributed by atoms with E-state index in [9.17, 15) is 24.0 Å². The number of carbonyl (C=O) groups is 4. The summed E-state index contributed by atoms with van der Waals surface area (Å²) in [6.07, 6.45) is -3.86. The second-order valence-corrected chi connectivity index (χ2v) is 10.3. The molecule has 1 aliphatic rings. The lowest BCUT2D eigenvalue weighted by Crippen LogP contribution is -2.61. The van der Waals surface area contributed by atoms with Crippen LogP contribution < -0.4 is 5.56 Å². The van der Waals surface area contributed by atoms with Crippen molar-refractivity contribution in [3.8, 4) is 5.69 Å². The number of aromatic nitrogens is 3. The Kier molecular flexibility index (Phi) is 10.8. The van der Waals surface area contributed by atoms with Crippen molar-refractivity contribution in [3.63, 3.8) is 0 Å². The van der Waals surface area contributed by atoms with Gasteiger partial charge in [0.2, 0.25) is 4.77 Å². The molecule has 0 saturated carbocycles. The SMILES string of the molecule is CC(=O)OCC1OC(n2nc(/C=C/c3ccccc3)c(=O)n(-c3ccccc3)c2=S)C(OC(C)=O)C(OC(C)=O)C1OC(C)=O. The second-order valence-electron chi connectivity index (χ2n) is 9.92. The first-order valence-electron chi connectivity index (χ1n) is 13.8. The summed E-state index contributed by atoms with van der Waals surface area (Å²) in [7, 11) is 0. The van der Waals surface area contributed by atoms with Gasteiger partial charge in [-0.25, -0.2) is 4.68 Å². The van der Waals surface area contributed by atoms with Gasteiger partial charge >= 0.3 is 23.9 Å². The third kappa shape index (κ3) is 8.16. The van der Waals surface area contributed by atoms with Crippen LogP contribution in [0.2, 0.25) is 0 Å². The average molecular weight is 638 g/mol. The second kappa shape index (κ2) is 14.7. The van der Waals surface area contributed by atoms with Gasteiger partial charge < -0.3 is 23.7 Å². The predicted octanol–water partition coefficient (Wildman–Crippen LogP) is 3.19. The molecule has 45 heavy (non-hydrogen) atoms. The number of esters is 4. The zero-order chi connectivity index (χ0) is 32.7. The van der Waals surface area contributed by atoms with Crippen LogP contribution in [0.1, 0.15) is 45.2 Å². The van der Waals surface area contributed by atoms with Gasteiger partial charge in [-0.05, 0) is 36.0 Å². The Bertz CT molecular complexity index is 1700. The van der Waals surface area contributed by atoms with Crippen molar-refractivity contribution in [2.75, 3.05) is 6.61 Å². The predicted molar refractivity (Wildman–Crippen MR) is 161 cm³/mol. The maximum Gasteiger partial charge on any atom is 0.303 e. The van der Waals surface area contributed by atoms with E-state index in [0.717, 1.165) is 31.0 Å². The molecule has 0 aliphatic carbocycles. The lowest BCUT2D eigenvalue weighted by Gasteiger charge is -2.44. The summed E-state index contributed by atoms with van der Waals surface area (Å²) in [5.74, 6) is -3.02. The number of hydrogen-bond acceptors (Lipinski definition) is 12. The summed E-state index contributed by atoms with van der Waals surface area (Å²) >= 11 is 5.76. The van der Waals surface area contributed by atoms with E-state index in [1.165, 1.54) is 17.6 Å². The van der Waals surface area contributed by atoms with E-state index in [1.807, 2.05) is 30.3 Å². The minimum atomic E-state index is -1.49. The zero-order valence-corrected chi connectivity index (χ0v) is 25.7. The standard InChI is InChI=1S/C31H31N3O10S/c1-18(35)40-17-25-26(41-19(2)36)27(42-20(3)37)28(43-21(4)38)30(44-25)34-31(45)33(23-13-9-6-10-14-23)29(39)24(32-34)16-15-22-11-7-5-8-12-22/h5-16,25-28,30H,17H2,1-4H3/b16-15+. The first-order valence-corrected chi connectivity index (χ1v) is 14.2. The molecule has 2 aromatic carbocycles. The van der Waals surface area contributed by atoms with Gasteiger partial charge in [0, 0.05) is 27.7 Å². The highest BCUT2D eigenvalue weighted by Crippen LogP contribution is 2.34. The van der Waals surface area contributed by atoms with Crippen LogP contribution in [-0.4, -0.2) is 69.2 Å². The van der Waals surface area contributed by atoms with Crippen LogP contribution in [0.3, 0.4) is 0 Å². The van der Waals surface area contributed by atoms with Crippen LogP contribution in [0.5, 0.6) is 0 Å². The highest BCUT2D eigenvalue weighted by molar-refractivity contribution is 7.71. The van der Waals surface area contributed by atoms with Gasteiger partial charge in [0.1, 0.15) is 18.4 Å². The molecule has 236 valence electrons. The van der Waals surface area contributed by atoms with Gasteiger partial charge in [-0.15, -0.1) is 0 Å².